The minimum atomic E-state index is -0.350. The van der Waals surface area contributed by atoms with E-state index in [1.165, 1.54) is 68.1 Å². The molecule has 0 heterocycles. The van der Waals surface area contributed by atoms with E-state index in [9.17, 15) is 4.79 Å². The lowest BCUT2D eigenvalue weighted by molar-refractivity contribution is -0.107. The van der Waals surface area contributed by atoms with Crippen LogP contribution in [0.2, 0.25) is 0 Å². The minimum Gasteiger partial charge on any atom is -0.303 e. The van der Waals surface area contributed by atoms with Crippen LogP contribution in [0.15, 0.2) is 91.0 Å². The van der Waals surface area contributed by atoms with Crippen molar-refractivity contribution in [2.24, 2.45) is 0 Å². The molecule has 0 saturated carbocycles. The van der Waals surface area contributed by atoms with E-state index in [4.69, 9.17) is 0 Å². The number of unbranched alkanes of at least 4 members (excludes halogenated alkanes) is 7. The molecule has 1 atom stereocenters. The van der Waals surface area contributed by atoms with Gasteiger partial charge in [0.25, 0.3) is 0 Å². The summed E-state index contributed by atoms with van der Waals surface area (Å²) in [6.07, 6.45) is 13.3. The van der Waals surface area contributed by atoms with Crippen molar-refractivity contribution in [3.05, 3.63) is 108 Å². The third-order valence-corrected chi connectivity index (χ3v) is 8.45. The smallest absolute Gasteiger partial charge is 0.121 e. The van der Waals surface area contributed by atoms with E-state index in [0.29, 0.717) is 6.42 Å². The van der Waals surface area contributed by atoms with Crippen molar-refractivity contribution in [2.45, 2.75) is 81.1 Å². The minimum absolute atomic E-state index is 0.276. The lowest BCUT2D eigenvalue weighted by Crippen LogP contribution is -2.29. The first-order valence-corrected chi connectivity index (χ1v) is 14.0. The largest absolute Gasteiger partial charge is 0.303 e. The Morgan fingerprint density at radius 3 is 1.47 bits per heavy atom. The maximum atomic E-state index is 11.7. The number of benzene rings is 3. The zero-order valence-electron chi connectivity index (χ0n) is 20.7. The normalized spacial score (nSPS) is 12.4. The predicted octanol–water partition coefficient (Wildman–Crippen LogP) is 9.20. The molecule has 0 bridgehead atoms. The van der Waals surface area contributed by atoms with Crippen LogP contribution in [-0.2, 0) is 9.54 Å². The van der Waals surface area contributed by atoms with Gasteiger partial charge in [0.15, 0.2) is 0 Å². The second kappa shape index (κ2) is 14.8. The molecule has 3 rings (SSSR count). The number of hydrogen-bond acceptors (Lipinski definition) is 2. The number of carbonyl (C=O) groups excluding carboxylic acids is 1. The Bertz CT molecular complexity index is 826. The molecule has 0 aliphatic carbocycles. The Hall–Kier alpha value is -2.32. The van der Waals surface area contributed by atoms with Gasteiger partial charge < -0.3 is 4.79 Å². The highest BCUT2D eigenvalue weighted by molar-refractivity contribution is 8.01. The Morgan fingerprint density at radius 1 is 0.647 bits per heavy atom. The van der Waals surface area contributed by atoms with Crippen molar-refractivity contribution in [1.29, 1.82) is 0 Å². The second-order valence-corrected chi connectivity index (χ2v) is 10.7. The van der Waals surface area contributed by atoms with E-state index in [1.807, 2.05) is 11.8 Å². The van der Waals surface area contributed by atoms with Crippen molar-refractivity contribution in [1.82, 2.24) is 0 Å². The van der Waals surface area contributed by atoms with Gasteiger partial charge in [0.1, 0.15) is 6.29 Å². The molecule has 0 radical (unpaired) electrons. The van der Waals surface area contributed by atoms with Gasteiger partial charge in [-0.1, -0.05) is 149 Å². The van der Waals surface area contributed by atoms with Crippen LogP contribution >= 0.6 is 11.8 Å². The van der Waals surface area contributed by atoms with Crippen LogP contribution in [0.4, 0.5) is 0 Å². The Morgan fingerprint density at radius 2 is 1.06 bits per heavy atom. The lowest BCUT2D eigenvalue weighted by atomic mass is 9.84. The average Bonchev–Trinajstić information content (AvgIpc) is 2.90. The number of carbonyl (C=O) groups is 1. The molecular weight excluding hydrogens is 432 g/mol. The fourth-order valence-corrected chi connectivity index (χ4v) is 6.59. The van der Waals surface area contributed by atoms with E-state index < -0.39 is 0 Å². The topological polar surface area (TPSA) is 17.1 Å². The molecule has 1 nitrogen and oxygen atoms in total. The first-order valence-electron chi connectivity index (χ1n) is 13.1. The molecule has 0 aliphatic heterocycles. The summed E-state index contributed by atoms with van der Waals surface area (Å²) >= 11 is 1.96. The molecule has 1 unspecified atom stereocenters. The van der Waals surface area contributed by atoms with Gasteiger partial charge in [0.2, 0.25) is 0 Å². The van der Waals surface area contributed by atoms with Crippen LogP contribution < -0.4 is 0 Å². The molecule has 0 saturated heterocycles. The molecule has 3 aromatic rings. The molecule has 0 aromatic heterocycles. The van der Waals surface area contributed by atoms with Crippen LogP contribution in [-0.4, -0.2) is 11.5 Å². The Balaban J connectivity index is 1.84. The standard InChI is InChI=1S/C32H40OS/c1-2-3-4-5-6-7-8-18-25-31(26-27-33)34-32(28-19-12-9-13-20-28,29-21-14-10-15-22-29)30-23-16-11-17-24-30/h9-17,19-24,27,31H,2-8,18,25-26H2,1H3. The van der Waals surface area contributed by atoms with E-state index in [2.05, 4.69) is 97.9 Å². The second-order valence-electron chi connectivity index (χ2n) is 9.19. The zero-order valence-corrected chi connectivity index (χ0v) is 21.5. The van der Waals surface area contributed by atoms with Gasteiger partial charge >= 0.3 is 0 Å². The van der Waals surface area contributed by atoms with Crippen LogP contribution in [0, 0.1) is 0 Å². The fourth-order valence-electron chi connectivity index (χ4n) is 4.81. The van der Waals surface area contributed by atoms with Crippen molar-refractivity contribution >= 4 is 18.0 Å². The molecule has 0 spiro atoms. The van der Waals surface area contributed by atoms with E-state index in [-0.39, 0.29) is 10.00 Å². The summed E-state index contributed by atoms with van der Waals surface area (Å²) in [5.74, 6) is 0. The van der Waals surface area contributed by atoms with Crippen LogP contribution in [0.5, 0.6) is 0 Å². The van der Waals surface area contributed by atoms with E-state index >= 15 is 0 Å². The van der Waals surface area contributed by atoms with Gasteiger partial charge in [-0.05, 0) is 23.1 Å². The summed E-state index contributed by atoms with van der Waals surface area (Å²) in [6.45, 7) is 2.27. The molecule has 0 amide bonds. The van der Waals surface area contributed by atoms with Crippen LogP contribution in [0.3, 0.4) is 0 Å². The SMILES string of the molecule is CCCCCCCCCCC(CC=O)SC(c1ccccc1)(c1ccccc1)c1ccccc1. The van der Waals surface area contributed by atoms with Gasteiger partial charge in [-0.15, -0.1) is 11.8 Å². The van der Waals surface area contributed by atoms with Crippen LogP contribution in [0.25, 0.3) is 0 Å². The Kier molecular flexibility index (Phi) is 11.5. The zero-order chi connectivity index (χ0) is 23.9. The number of rotatable bonds is 16. The first kappa shape index (κ1) is 26.3. The van der Waals surface area contributed by atoms with Gasteiger partial charge in [-0.2, -0.15) is 0 Å². The lowest BCUT2D eigenvalue weighted by Gasteiger charge is -2.38. The van der Waals surface area contributed by atoms with E-state index in [0.717, 1.165) is 12.7 Å². The monoisotopic (exact) mass is 472 g/mol. The predicted molar refractivity (Wildman–Crippen MR) is 148 cm³/mol. The fraction of sp³-hybridized carbons (Fsp3) is 0.406. The molecule has 3 aromatic carbocycles. The third-order valence-electron chi connectivity index (χ3n) is 6.62. The molecule has 0 fully saturated rings. The maximum absolute atomic E-state index is 11.7. The number of thioether (sulfide) groups is 1. The van der Waals surface area contributed by atoms with Crippen LogP contribution in [0.1, 0.15) is 87.8 Å². The molecular formula is C32H40OS. The van der Waals surface area contributed by atoms with Gasteiger partial charge in [0, 0.05) is 11.7 Å². The third kappa shape index (κ3) is 7.34. The summed E-state index contributed by atoms with van der Waals surface area (Å²) in [6, 6.07) is 32.4. The number of hydrogen-bond donors (Lipinski definition) is 0. The average molecular weight is 473 g/mol. The summed E-state index contributed by atoms with van der Waals surface area (Å²) < 4.78 is -0.350. The van der Waals surface area contributed by atoms with Crippen molar-refractivity contribution < 1.29 is 4.79 Å². The molecule has 0 N–H and O–H groups in total. The summed E-state index contributed by atoms with van der Waals surface area (Å²) in [5, 5.41) is 0.276. The first-order chi connectivity index (χ1) is 16.8. The van der Waals surface area contributed by atoms with Gasteiger partial charge in [-0.25, -0.2) is 0 Å². The van der Waals surface area contributed by atoms with Crippen molar-refractivity contribution in [3.63, 3.8) is 0 Å². The Labute approximate surface area is 211 Å². The number of aldehydes is 1. The molecule has 2 heteroatoms. The van der Waals surface area contributed by atoms with Crippen molar-refractivity contribution in [3.8, 4) is 0 Å². The highest BCUT2D eigenvalue weighted by Gasteiger charge is 2.39. The molecule has 180 valence electrons. The highest BCUT2D eigenvalue weighted by Crippen LogP contribution is 2.51. The highest BCUT2D eigenvalue weighted by atomic mass is 32.2. The van der Waals surface area contributed by atoms with E-state index in [1.54, 1.807) is 0 Å². The van der Waals surface area contributed by atoms with Gasteiger partial charge in [0.05, 0.1) is 4.75 Å². The van der Waals surface area contributed by atoms with Gasteiger partial charge in [-0.3, -0.25) is 0 Å². The maximum Gasteiger partial charge on any atom is 0.121 e. The molecule has 0 aliphatic rings. The molecule has 34 heavy (non-hydrogen) atoms. The summed E-state index contributed by atoms with van der Waals surface area (Å²) in [5.41, 5.74) is 3.80. The quantitative estimate of drug-likeness (QED) is 0.117. The summed E-state index contributed by atoms with van der Waals surface area (Å²) in [7, 11) is 0. The van der Waals surface area contributed by atoms with Crippen molar-refractivity contribution in [2.75, 3.05) is 0 Å². The summed E-state index contributed by atoms with van der Waals surface area (Å²) in [4.78, 5) is 11.7.